The zero-order valence-electron chi connectivity index (χ0n) is 11.8. The Bertz CT molecular complexity index is 698. The fraction of sp³-hybridized carbons (Fsp3) is 0.312. The molecule has 0 saturated heterocycles. The van der Waals surface area contributed by atoms with Gasteiger partial charge in [0.15, 0.2) is 0 Å². The highest BCUT2D eigenvalue weighted by Crippen LogP contribution is 2.29. The monoisotopic (exact) mass is 269 g/mol. The van der Waals surface area contributed by atoms with E-state index in [0.717, 1.165) is 35.2 Å². The number of benzene rings is 1. The van der Waals surface area contributed by atoms with Gasteiger partial charge in [0.1, 0.15) is 5.58 Å². The second kappa shape index (κ2) is 5.51. The third-order valence-electron chi connectivity index (χ3n) is 3.45. The number of aromatic nitrogens is 2. The van der Waals surface area contributed by atoms with Gasteiger partial charge in [0, 0.05) is 24.2 Å². The van der Waals surface area contributed by atoms with Crippen LogP contribution in [0.2, 0.25) is 0 Å². The van der Waals surface area contributed by atoms with E-state index in [-0.39, 0.29) is 6.04 Å². The predicted octanol–water partition coefficient (Wildman–Crippen LogP) is 3.26. The van der Waals surface area contributed by atoms with E-state index >= 15 is 0 Å². The molecule has 1 unspecified atom stereocenters. The number of fused-ring (bicyclic) bond motifs is 1. The molecule has 1 N–H and O–H groups in total. The van der Waals surface area contributed by atoms with Crippen LogP contribution >= 0.6 is 0 Å². The van der Waals surface area contributed by atoms with Crippen LogP contribution in [0.3, 0.4) is 0 Å². The first-order valence-corrected chi connectivity index (χ1v) is 6.98. The molecule has 1 atom stereocenters. The smallest absolute Gasteiger partial charge is 0.134 e. The first-order valence-electron chi connectivity index (χ1n) is 6.98. The third kappa shape index (κ3) is 2.34. The van der Waals surface area contributed by atoms with E-state index in [1.54, 1.807) is 0 Å². The summed E-state index contributed by atoms with van der Waals surface area (Å²) >= 11 is 0. The van der Waals surface area contributed by atoms with Gasteiger partial charge in [-0.25, -0.2) is 0 Å². The highest BCUT2D eigenvalue weighted by atomic mass is 16.3. The number of nitrogens with one attached hydrogen (secondary N) is 1. The normalized spacial score (nSPS) is 12.9. The lowest BCUT2D eigenvalue weighted by Crippen LogP contribution is -2.23. The summed E-state index contributed by atoms with van der Waals surface area (Å²) in [6.45, 7) is 3.11. The maximum absolute atomic E-state index is 5.66. The number of aryl methyl sites for hydroxylation is 1. The molecule has 0 aliphatic carbocycles. The fourth-order valence-electron chi connectivity index (χ4n) is 2.47. The maximum atomic E-state index is 5.66. The molecule has 3 rings (SSSR count). The Hall–Kier alpha value is -2.07. The minimum absolute atomic E-state index is 0.0693. The molecule has 4 heteroatoms. The zero-order chi connectivity index (χ0) is 13.9. The molecular formula is C16H19N3O. The quantitative estimate of drug-likeness (QED) is 0.773. The van der Waals surface area contributed by atoms with Gasteiger partial charge in [0.2, 0.25) is 0 Å². The molecule has 4 nitrogen and oxygen atoms in total. The average Bonchev–Trinajstić information content (AvgIpc) is 3.07. The molecule has 0 aliphatic rings. The molecule has 20 heavy (non-hydrogen) atoms. The van der Waals surface area contributed by atoms with Gasteiger partial charge < -0.3 is 9.73 Å². The van der Waals surface area contributed by atoms with Crippen molar-refractivity contribution in [2.45, 2.75) is 19.4 Å². The molecule has 0 radical (unpaired) electrons. The van der Waals surface area contributed by atoms with E-state index in [0.29, 0.717) is 0 Å². The van der Waals surface area contributed by atoms with E-state index in [2.05, 4.69) is 29.5 Å². The molecule has 0 spiro atoms. The number of furan rings is 1. The summed E-state index contributed by atoms with van der Waals surface area (Å²) in [5.41, 5.74) is 3.09. The summed E-state index contributed by atoms with van der Waals surface area (Å²) in [4.78, 5) is 0. The molecule has 2 aromatic heterocycles. The van der Waals surface area contributed by atoms with Crippen LogP contribution in [0.15, 0.2) is 47.2 Å². The number of hydrogen-bond acceptors (Lipinski definition) is 3. The summed E-state index contributed by atoms with van der Waals surface area (Å²) in [5.74, 6) is 0. The lowest BCUT2D eigenvalue weighted by molar-refractivity contribution is 0.558. The molecule has 0 bridgehead atoms. The van der Waals surface area contributed by atoms with Crippen LogP contribution in [-0.2, 0) is 7.05 Å². The Morgan fingerprint density at radius 2 is 2.15 bits per heavy atom. The minimum Gasteiger partial charge on any atom is -0.464 e. The fourth-order valence-corrected chi connectivity index (χ4v) is 2.47. The topological polar surface area (TPSA) is 43.0 Å². The Balaban J connectivity index is 2.04. The first-order chi connectivity index (χ1) is 9.79. The van der Waals surface area contributed by atoms with Crippen molar-refractivity contribution in [3.05, 3.63) is 54.0 Å². The SMILES string of the molecule is CCCNC(c1ccn(C)n1)c1coc2ccccc12. The van der Waals surface area contributed by atoms with Gasteiger partial charge in [-0.1, -0.05) is 25.1 Å². The predicted molar refractivity (Wildman–Crippen MR) is 79.6 cm³/mol. The largest absolute Gasteiger partial charge is 0.464 e. The van der Waals surface area contributed by atoms with Crippen LogP contribution in [0.1, 0.15) is 30.6 Å². The van der Waals surface area contributed by atoms with Crippen LogP contribution in [-0.4, -0.2) is 16.3 Å². The van der Waals surface area contributed by atoms with Crippen molar-refractivity contribution >= 4 is 11.0 Å². The summed E-state index contributed by atoms with van der Waals surface area (Å²) in [6, 6.07) is 10.2. The van der Waals surface area contributed by atoms with Crippen molar-refractivity contribution in [2.75, 3.05) is 6.54 Å². The molecule has 2 heterocycles. The van der Waals surface area contributed by atoms with Gasteiger partial charge in [-0.15, -0.1) is 0 Å². The maximum Gasteiger partial charge on any atom is 0.134 e. The van der Waals surface area contributed by atoms with Crippen LogP contribution in [0.5, 0.6) is 0 Å². The van der Waals surface area contributed by atoms with Crippen molar-refractivity contribution in [1.82, 2.24) is 15.1 Å². The Morgan fingerprint density at radius 3 is 2.90 bits per heavy atom. The van der Waals surface area contributed by atoms with Crippen molar-refractivity contribution in [3.8, 4) is 0 Å². The summed E-state index contributed by atoms with van der Waals surface area (Å²) in [6.07, 6.45) is 4.89. The Labute approximate surface area is 118 Å². The van der Waals surface area contributed by atoms with Crippen LogP contribution < -0.4 is 5.32 Å². The lowest BCUT2D eigenvalue weighted by Gasteiger charge is -2.15. The van der Waals surface area contributed by atoms with E-state index in [1.807, 2.05) is 42.4 Å². The third-order valence-corrected chi connectivity index (χ3v) is 3.45. The van der Waals surface area contributed by atoms with Gasteiger partial charge in [-0.2, -0.15) is 5.10 Å². The summed E-state index contributed by atoms with van der Waals surface area (Å²) in [7, 11) is 1.94. The van der Waals surface area contributed by atoms with E-state index in [1.165, 1.54) is 0 Å². The average molecular weight is 269 g/mol. The second-order valence-corrected chi connectivity index (χ2v) is 4.99. The van der Waals surface area contributed by atoms with E-state index in [9.17, 15) is 0 Å². The van der Waals surface area contributed by atoms with Gasteiger partial charge in [0.05, 0.1) is 18.0 Å². The van der Waals surface area contributed by atoms with Gasteiger partial charge >= 0.3 is 0 Å². The highest BCUT2D eigenvalue weighted by Gasteiger charge is 2.20. The molecule has 0 aliphatic heterocycles. The Morgan fingerprint density at radius 1 is 1.30 bits per heavy atom. The standard InChI is InChI=1S/C16H19N3O/c1-3-9-17-16(14-8-10-19(2)18-14)13-11-20-15-7-5-4-6-12(13)15/h4-8,10-11,16-17H,3,9H2,1-2H3. The van der Waals surface area contributed by atoms with Crippen molar-refractivity contribution in [1.29, 1.82) is 0 Å². The van der Waals surface area contributed by atoms with Crippen molar-refractivity contribution in [3.63, 3.8) is 0 Å². The van der Waals surface area contributed by atoms with Crippen molar-refractivity contribution in [2.24, 2.45) is 7.05 Å². The van der Waals surface area contributed by atoms with E-state index in [4.69, 9.17) is 4.42 Å². The van der Waals surface area contributed by atoms with Crippen LogP contribution in [0.25, 0.3) is 11.0 Å². The summed E-state index contributed by atoms with van der Waals surface area (Å²) in [5, 5.41) is 9.24. The number of hydrogen-bond donors (Lipinski definition) is 1. The van der Waals surface area contributed by atoms with Crippen LogP contribution in [0, 0.1) is 0 Å². The molecular weight excluding hydrogens is 250 g/mol. The van der Waals surface area contributed by atoms with Gasteiger partial charge in [-0.05, 0) is 25.1 Å². The molecule has 0 fully saturated rings. The Kier molecular flexibility index (Phi) is 3.56. The van der Waals surface area contributed by atoms with Gasteiger partial charge in [0.25, 0.3) is 0 Å². The molecule has 1 aromatic carbocycles. The molecule has 0 amide bonds. The first kappa shape index (κ1) is 12.9. The molecule has 3 aromatic rings. The lowest BCUT2D eigenvalue weighted by atomic mass is 10.0. The number of nitrogens with zero attached hydrogens (tertiary/aromatic N) is 2. The van der Waals surface area contributed by atoms with Crippen LogP contribution in [0.4, 0.5) is 0 Å². The number of para-hydroxylation sites is 1. The minimum atomic E-state index is 0.0693. The van der Waals surface area contributed by atoms with E-state index < -0.39 is 0 Å². The second-order valence-electron chi connectivity index (χ2n) is 4.99. The van der Waals surface area contributed by atoms with Gasteiger partial charge in [-0.3, -0.25) is 4.68 Å². The molecule has 104 valence electrons. The summed E-state index contributed by atoms with van der Waals surface area (Å²) < 4.78 is 7.50. The number of rotatable bonds is 5. The zero-order valence-corrected chi connectivity index (χ0v) is 11.8. The molecule has 0 saturated carbocycles. The highest BCUT2D eigenvalue weighted by molar-refractivity contribution is 5.81. The van der Waals surface area contributed by atoms with Crippen molar-refractivity contribution < 1.29 is 4.42 Å².